The van der Waals surface area contributed by atoms with Crippen molar-refractivity contribution in [1.82, 2.24) is 4.90 Å². The van der Waals surface area contributed by atoms with Crippen LogP contribution in [0.2, 0.25) is 5.02 Å². The van der Waals surface area contributed by atoms with E-state index in [9.17, 15) is 14.7 Å². The maximum Gasteiger partial charge on any atom is 0.295 e. The maximum atomic E-state index is 13.3. The zero-order valence-corrected chi connectivity index (χ0v) is 18.9. The highest BCUT2D eigenvalue weighted by molar-refractivity contribution is 6.46. The molecule has 4 rings (SSSR count). The molecular weight excluding hydrogens is 430 g/mol. The molecule has 1 atom stereocenters. The Balaban J connectivity index is 1.94. The van der Waals surface area contributed by atoms with E-state index in [2.05, 4.69) is 0 Å². The number of rotatable bonds is 5. The van der Waals surface area contributed by atoms with E-state index >= 15 is 0 Å². The number of carbonyl (C=O) groups is 2. The van der Waals surface area contributed by atoms with Gasteiger partial charge in [0.15, 0.2) is 0 Å². The fourth-order valence-electron chi connectivity index (χ4n) is 4.78. The van der Waals surface area contributed by atoms with E-state index in [1.54, 1.807) is 47.4 Å². The standard InChI is InChI=1S/C25H26ClNO5/c1-31-18-9-6-10-19(32-2)20(18)23(28)21-22(15-11-13-16(26)14-12-15)27(25(30)24(21)29)17-7-4-3-5-8-17/h6,9-14,17,22,28H,3-5,7-8H2,1-2H3/b23-21+. The summed E-state index contributed by atoms with van der Waals surface area (Å²) in [7, 11) is 2.95. The summed E-state index contributed by atoms with van der Waals surface area (Å²) >= 11 is 6.09. The van der Waals surface area contributed by atoms with Gasteiger partial charge in [0.1, 0.15) is 22.8 Å². The molecule has 6 nitrogen and oxygen atoms in total. The summed E-state index contributed by atoms with van der Waals surface area (Å²) in [4.78, 5) is 28.2. The van der Waals surface area contributed by atoms with Crippen molar-refractivity contribution < 1.29 is 24.2 Å². The van der Waals surface area contributed by atoms with E-state index in [0.29, 0.717) is 16.5 Å². The van der Waals surface area contributed by atoms with Crippen LogP contribution < -0.4 is 9.47 Å². The quantitative estimate of drug-likeness (QED) is 0.385. The van der Waals surface area contributed by atoms with Gasteiger partial charge in [-0.1, -0.05) is 49.1 Å². The molecule has 32 heavy (non-hydrogen) atoms. The summed E-state index contributed by atoms with van der Waals surface area (Å²) in [6.45, 7) is 0. The Labute approximate surface area is 192 Å². The number of ketones is 1. The van der Waals surface area contributed by atoms with Crippen molar-refractivity contribution in [2.75, 3.05) is 14.2 Å². The Kier molecular flexibility index (Phi) is 6.42. The van der Waals surface area contributed by atoms with Crippen molar-refractivity contribution in [2.45, 2.75) is 44.2 Å². The fourth-order valence-corrected chi connectivity index (χ4v) is 4.90. The first-order chi connectivity index (χ1) is 15.5. The molecule has 2 fully saturated rings. The molecule has 1 N–H and O–H groups in total. The lowest BCUT2D eigenvalue weighted by Gasteiger charge is -2.35. The lowest BCUT2D eigenvalue weighted by atomic mass is 9.90. The molecule has 1 heterocycles. The normalized spacial score (nSPS) is 21.1. The molecular formula is C25H26ClNO5. The van der Waals surface area contributed by atoms with Crippen LogP contribution in [-0.2, 0) is 9.59 Å². The van der Waals surface area contributed by atoms with Crippen LogP contribution in [0.1, 0.15) is 49.3 Å². The summed E-state index contributed by atoms with van der Waals surface area (Å²) < 4.78 is 10.9. The molecule has 0 aromatic heterocycles. The van der Waals surface area contributed by atoms with Crippen molar-refractivity contribution in [3.05, 3.63) is 64.2 Å². The molecule has 0 bridgehead atoms. The molecule has 168 valence electrons. The molecule has 0 spiro atoms. The van der Waals surface area contributed by atoms with Gasteiger partial charge in [0.25, 0.3) is 11.7 Å². The second-order valence-corrected chi connectivity index (χ2v) is 8.52. The van der Waals surface area contributed by atoms with Gasteiger partial charge >= 0.3 is 0 Å². The van der Waals surface area contributed by atoms with Crippen LogP contribution in [0.15, 0.2) is 48.0 Å². The van der Waals surface area contributed by atoms with Crippen molar-refractivity contribution >= 4 is 29.1 Å². The Bertz CT molecular complexity index is 1030. The van der Waals surface area contributed by atoms with E-state index in [-0.39, 0.29) is 22.9 Å². The van der Waals surface area contributed by atoms with Gasteiger partial charge in [-0.25, -0.2) is 0 Å². The Morgan fingerprint density at radius 3 is 2.12 bits per heavy atom. The molecule has 1 saturated heterocycles. The minimum Gasteiger partial charge on any atom is -0.506 e. The lowest BCUT2D eigenvalue weighted by Crippen LogP contribution is -2.40. The predicted molar refractivity (Wildman–Crippen MR) is 122 cm³/mol. The van der Waals surface area contributed by atoms with Crippen LogP contribution in [0.5, 0.6) is 11.5 Å². The van der Waals surface area contributed by atoms with E-state index in [1.807, 2.05) is 0 Å². The average Bonchev–Trinajstić information content (AvgIpc) is 3.09. The lowest BCUT2D eigenvalue weighted by molar-refractivity contribution is -0.141. The molecule has 1 aliphatic heterocycles. The highest BCUT2D eigenvalue weighted by Crippen LogP contribution is 2.45. The molecule has 0 radical (unpaired) electrons. The van der Waals surface area contributed by atoms with Gasteiger partial charge in [-0.3, -0.25) is 9.59 Å². The van der Waals surface area contributed by atoms with Gasteiger partial charge in [0.2, 0.25) is 0 Å². The van der Waals surface area contributed by atoms with E-state index < -0.39 is 17.7 Å². The number of hydrogen-bond acceptors (Lipinski definition) is 5. The highest BCUT2D eigenvalue weighted by atomic mass is 35.5. The largest absolute Gasteiger partial charge is 0.506 e. The number of amides is 1. The molecule has 2 aromatic carbocycles. The average molecular weight is 456 g/mol. The number of nitrogens with zero attached hydrogens (tertiary/aromatic N) is 1. The maximum absolute atomic E-state index is 13.3. The molecule has 1 unspecified atom stereocenters. The summed E-state index contributed by atoms with van der Waals surface area (Å²) in [6, 6.07) is 11.3. The third-order valence-corrected chi connectivity index (χ3v) is 6.55. The zero-order valence-electron chi connectivity index (χ0n) is 18.1. The van der Waals surface area contributed by atoms with Crippen LogP contribution in [0.4, 0.5) is 0 Å². The van der Waals surface area contributed by atoms with Crippen LogP contribution in [0.3, 0.4) is 0 Å². The topological polar surface area (TPSA) is 76.1 Å². The first-order valence-electron chi connectivity index (χ1n) is 10.7. The van der Waals surface area contributed by atoms with Gasteiger partial charge in [0.05, 0.1) is 25.8 Å². The fraction of sp³-hybridized carbons (Fsp3) is 0.360. The van der Waals surface area contributed by atoms with E-state index in [1.165, 1.54) is 14.2 Å². The van der Waals surface area contributed by atoms with Gasteiger partial charge < -0.3 is 19.5 Å². The number of methoxy groups -OCH3 is 2. The summed E-state index contributed by atoms with van der Waals surface area (Å²) in [5, 5.41) is 12.0. The van der Waals surface area contributed by atoms with Crippen LogP contribution in [0, 0.1) is 0 Å². The van der Waals surface area contributed by atoms with Crippen molar-refractivity contribution in [1.29, 1.82) is 0 Å². The number of hydrogen-bond donors (Lipinski definition) is 1. The number of halogens is 1. The van der Waals surface area contributed by atoms with Crippen molar-refractivity contribution in [3.8, 4) is 11.5 Å². The number of benzene rings is 2. The van der Waals surface area contributed by atoms with Crippen LogP contribution in [-0.4, -0.2) is 42.0 Å². The minimum atomic E-state index is -0.718. The Hall–Kier alpha value is -2.99. The third-order valence-electron chi connectivity index (χ3n) is 6.30. The first-order valence-corrected chi connectivity index (χ1v) is 11.1. The highest BCUT2D eigenvalue weighted by Gasteiger charge is 2.49. The summed E-state index contributed by atoms with van der Waals surface area (Å²) in [5.74, 6) is -0.912. The molecule has 7 heteroatoms. The number of aliphatic hydroxyl groups excluding tert-OH is 1. The van der Waals surface area contributed by atoms with Crippen molar-refractivity contribution in [3.63, 3.8) is 0 Å². The zero-order chi connectivity index (χ0) is 22.8. The number of likely N-dealkylation sites (tertiary alicyclic amines) is 1. The van der Waals surface area contributed by atoms with E-state index in [4.69, 9.17) is 21.1 Å². The number of aliphatic hydroxyl groups is 1. The second kappa shape index (κ2) is 9.25. The molecule has 1 amide bonds. The summed E-state index contributed by atoms with van der Waals surface area (Å²) in [5.41, 5.74) is 0.999. The Morgan fingerprint density at radius 2 is 1.56 bits per heavy atom. The first kappa shape index (κ1) is 22.2. The Morgan fingerprint density at radius 1 is 0.969 bits per heavy atom. The molecule has 1 saturated carbocycles. The number of Topliss-reactive ketones (excluding diaryl/α,β-unsaturated/α-hetero) is 1. The smallest absolute Gasteiger partial charge is 0.295 e. The molecule has 2 aliphatic rings. The van der Waals surface area contributed by atoms with Crippen LogP contribution >= 0.6 is 11.6 Å². The summed E-state index contributed by atoms with van der Waals surface area (Å²) in [6.07, 6.45) is 4.78. The van der Waals surface area contributed by atoms with Gasteiger partial charge in [-0.2, -0.15) is 0 Å². The third kappa shape index (κ3) is 3.84. The van der Waals surface area contributed by atoms with Gasteiger partial charge in [-0.15, -0.1) is 0 Å². The molecule has 2 aromatic rings. The second-order valence-electron chi connectivity index (χ2n) is 8.09. The van der Waals surface area contributed by atoms with Gasteiger partial charge in [0, 0.05) is 11.1 Å². The number of carbonyl (C=O) groups excluding carboxylic acids is 2. The minimum absolute atomic E-state index is 0.0331. The van der Waals surface area contributed by atoms with E-state index in [0.717, 1.165) is 37.7 Å². The molecule has 1 aliphatic carbocycles. The predicted octanol–water partition coefficient (Wildman–Crippen LogP) is 5.11. The number of ether oxygens (including phenoxy) is 2. The van der Waals surface area contributed by atoms with Crippen molar-refractivity contribution in [2.24, 2.45) is 0 Å². The van der Waals surface area contributed by atoms with Gasteiger partial charge in [-0.05, 0) is 42.7 Å². The monoisotopic (exact) mass is 455 g/mol. The SMILES string of the molecule is COc1cccc(OC)c1/C(O)=C1\C(=O)C(=O)N(C2CCCCC2)C1c1ccc(Cl)cc1. The van der Waals surface area contributed by atoms with Crippen LogP contribution in [0.25, 0.3) is 5.76 Å².